The predicted molar refractivity (Wildman–Crippen MR) is 80.5 cm³/mol. The number of benzene rings is 1. The summed E-state index contributed by atoms with van der Waals surface area (Å²) in [5.41, 5.74) is 2.18. The number of thiol groups is 1. The van der Waals surface area contributed by atoms with Gasteiger partial charge in [0.05, 0.1) is 14.2 Å². The highest BCUT2D eigenvalue weighted by Crippen LogP contribution is 2.23. The van der Waals surface area contributed by atoms with Crippen LogP contribution in [-0.2, 0) is 0 Å². The van der Waals surface area contributed by atoms with Gasteiger partial charge < -0.3 is 9.47 Å². The average molecular weight is 262 g/mol. The molecule has 1 rings (SSSR count). The summed E-state index contributed by atoms with van der Waals surface area (Å²) in [6.45, 7) is 2.03. The van der Waals surface area contributed by atoms with E-state index in [4.69, 9.17) is 9.47 Å². The number of hydrogen-bond donors (Lipinski definition) is 1. The van der Waals surface area contributed by atoms with Gasteiger partial charge in [0, 0.05) is 6.07 Å². The lowest BCUT2D eigenvalue weighted by molar-refractivity contribution is 0.394. The largest absolute Gasteiger partial charge is 0.497 e. The quantitative estimate of drug-likeness (QED) is 0.636. The summed E-state index contributed by atoms with van der Waals surface area (Å²) in [5.74, 6) is 1.57. The van der Waals surface area contributed by atoms with Crippen molar-refractivity contribution in [3.63, 3.8) is 0 Å². The molecule has 0 saturated carbocycles. The van der Waals surface area contributed by atoms with Gasteiger partial charge in [-0.05, 0) is 30.0 Å². The Morgan fingerprint density at radius 3 is 2.22 bits per heavy atom. The van der Waals surface area contributed by atoms with E-state index in [9.17, 15) is 0 Å². The van der Waals surface area contributed by atoms with Gasteiger partial charge in [-0.25, -0.2) is 0 Å². The Morgan fingerprint density at radius 1 is 1.11 bits per heavy atom. The minimum Gasteiger partial charge on any atom is -0.497 e. The van der Waals surface area contributed by atoms with Gasteiger partial charge in [0.25, 0.3) is 0 Å². The van der Waals surface area contributed by atoms with Crippen LogP contribution in [0.2, 0.25) is 0 Å². The number of hydrogen-bond acceptors (Lipinski definition) is 3. The maximum atomic E-state index is 5.22. The van der Waals surface area contributed by atoms with E-state index in [0.29, 0.717) is 0 Å². The van der Waals surface area contributed by atoms with Gasteiger partial charge in [-0.1, -0.05) is 29.9 Å². The second-order valence-corrected chi connectivity index (χ2v) is 4.03. The molecule has 2 nitrogen and oxygen atoms in total. The first kappa shape index (κ1) is 14.5. The molecule has 0 amide bonds. The number of rotatable bonds is 5. The highest BCUT2D eigenvalue weighted by atomic mass is 32.1. The minimum absolute atomic E-state index is 0.783. The van der Waals surface area contributed by atoms with Crippen LogP contribution in [0.15, 0.2) is 47.4 Å². The van der Waals surface area contributed by atoms with Crippen LogP contribution in [-0.4, -0.2) is 14.2 Å². The highest BCUT2D eigenvalue weighted by molar-refractivity contribution is 7.83. The van der Waals surface area contributed by atoms with E-state index in [2.05, 4.69) is 12.6 Å². The van der Waals surface area contributed by atoms with Gasteiger partial charge in [0.15, 0.2) is 0 Å². The molecule has 0 atom stereocenters. The molecule has 0 bridgehead atoms. The fourth-order valence-electron chi connectivity index (χ4n) is 1.40. The normalized spacial score (nSPS) is 12.3. The maximum Gasteiger partial charge on any atom is 0.123 e. The number of ether oxygens (including phenoxy) is 2. The van der Waals surface area contributed by atoms with Crippen molar-refractivity contribution in [3.05, 3.63) is 53.0 Å². The van der Waals surface area contributed by atoms with Gasteiger partial charge in [-0.3, -0.25) is 0 Å². The summed E-state index contributed by atoms with van der Waals surface area (Å²) in [6.07, 6.45) is 7.92. The van der Waals surface area contributed by atoms with Crippen molar-refractivity contribution < 1.29 is 9.47 Å². The van der Waals surface area contributed by atoms with Crippen molar-refractivity contribution in [2.45, 2.75) is 6.92 Å². The molecule has 0 saturated heterocycles. The summed E-state index contributed by atoms with van der Waals surface area (Å²) < 4.78 is 10.4. The van der Waals surface area contributed by atoms with Crippen LogP contribution in [0.25, 0.3) is 6.08 Å². The Bertz CT molecular complexity index is 451. The van der Waals surface area contributed by atoms with E-state index in [0.717, 1.165) is 22.6 Å². The van der Waals surface area contributed by atoms with Crippen molar-refractivity contribution in [1.29, 1.82) is 0 Å². The Balaban J connectivity index is 2.92. The zero-order chi connectivity index (χ0) is 13.4. The van der Waals surface area contributed by atoms with Crippen molar-refractivity contribution >= 4 is 18.7 Å². The third-order valence-electron chi connectivity index (χ3n) is 2.36. The minimum atomic E-state index is 0.783. The standard InChI is InChI=1S/C15H18O2S/c1-12(5-4-8-18)6-7-13-9-14(16-2)11-15(10-13)17-3/h4-11,18H,1-3H3/b7-6+,8-4-,12-5+. The lowest BCUT2D eigenvalue weighted by Gasteiger charge is -2.05. The van der Waals surface area contributed by atoms with Crippen molar-refractivity contribution in [1.82, 2.24) is 0 Å². The monoisotopic (exact) mass is 262 g/mol. The van der Waals surface area contributed by atoms with E-state index < -0.39 is 0 Å². The second kappa shape index (κ2) is 7.67. The smallest absolute Gasteiger partial charge is 0.123 e. The molecular weight excluding hydrogens is 244 g/mol. The van der Waals surface area contributed by atoms with E-state index in [1.54, 1.807) is 19.6 Å². The van der Waals surface area contributed by atoms with Crippen LogP contribution in [0.1, 0.15) is 12.5 Å². The second-order valence-electron chi connectivity index (χ2n) is 3.73. The molecule has 1 aromatic rings. The molecular formula is C15H18O2S. The van der Waals surface area contributed by atoms with Crippen LogP contribution >= 0.6 is 12.6 Å². The van der Waals surface area contributed by atoms with Crippen LogP contribution in [0, 0.1) is 0 Å². The van der Waals surface area contributed by atoms with Crippen molar-refractivity contribution in [2.24, 2.45) is 0 Å². The first-order chi connectivity index (χ1) is 8.69. The Hall–Kier alpha value is -1.61. The summed E-state index contributed by atoms with van der Waals surface area (Å²) in [4.78, 5) is 0. The van der Waals surface area contributed by atoms with Crippen LogP contribution in [0.3, 0.4) is 0 Å². The number of methoxy groups -OCH3 is 2. The molecule has 3 heteroatoms. The Labute approximate surface area is 114 Å². The maximum absolute atomic E-state index is 5.22. The molecule has 0 unspecified atom stereocenters. The molecule has 0 fully saturated rings. The zero-order valence-electron chi connectivity index (χ0n) is 10.9. The zero-order valence-corrected chi connectivity index (χ0v) is 11.8. The molecule has 0 radical (unpaired) electrons. The van der Waals surface area contributed by atoms with E-state index in [-0.39, 0.29) is 0 Å². The van der Waals surface area contributed by atoms with Crippen LogP contribution in [0.4, 0.5) is 0 Å². The first-order valence-electron chi connectivity index (χ1n) is 5.58. The topological polar surface area (TPSA) is 18.5 Å². The SMILES string of the molecule is COc1cc(/C=C/C(C)=C/C=C\S)cc(OC)c1. The van der Waals surface area contributed by atoms with Crippen LogP contribution < -0.4 is 9.47 Å². The number of allylic oxidation sites excluding steroid dienone is 4. The molecule has 96 valence electrons. The molecule has 0 aliphatic heterocycles. The summed E-state index contributed by atoms with van der Waals surface area (Å²) >= 11 is 4.00. The lowest BCUT2D eigenvalue weighted by atomic mass is 10.1. The molecule has 0 spiro atoms. The third kappa shape index (κ3) is 4.72. The molecule has 0 aliphatic carbocycles. The Kier molecular flexibility index (Phi) is 6.15. The highest BCUT2D eigenvalue weighted by Gasteiger charge is 1.98. The van der Waals surface area contributed by atoms with Gasteiger partial charge in [-0.2, -0.15) is 12.6 Å². The summed E-state index contributed by atoms with van der Waals surface area (Å²) in [5, 5.41) is 1.70. The fourth-order valence-corrected chi connectivity index (χ4v) is 1.49. The fraction of sp³-hybridized carbons (Fsp3) is 0.200. The van der Waals surface area contributed by atoms with Gasteiger partial charge >= 0.3 is 0 Å². The van der Waals surface area contributed by atoms with E-state index in [1.807, 2.05) is 49.4 Å². The van der Waals surface area contributed by atoms with E-state index in [1.165, 1.54) is 0 Å². The first-order valence-corrected chi connectivity index (χ1v) is 6.10. The summed E-state index contributed by atoms with van der Waals surface area (Å²) in [6, 6.07) is 5.77. The molecule has 18 heavy (non-hydrogen) atoms. The predicted octanol–water partition coefficient (Wildman–Crippen LogP) is 4.11. The molecule has 0 aromatic heterocycles. The Morgan fingerprint density at radius 2 is 1.72 bits per heavy atom. The molecule has 0 heterocycles. The van der Waals surface area contributed by atoms with E-state index >= 15 is 0 Å². The average Bonchev–Trinajstić information content (AvgIpc) is 2.42. The lowest BCUT2D eigenvalue weighted by Crippen LogP contribution is -1.88. The summed E-state index contributed by atoms with van der Waals surface area (Å²) in [7, 11) is 3.29. The van der Waals surface area contributed by atoms with Gasteiger partial charge in [-0.15, -0.1) is 0 Å². The van der Waals surface area contributed by atoms with Crippen molar-refractivity contribution in [2.75, 3.05) is 14.2 Å². The van der Waals surface area contributed by atoms with Crippen LogP contribution in [0.5, 0.6) is 11.5 Å². The third-order valence-corrected chi connectivity index (χ3v) is 2.53. The van der Waals surface area contributed by atoms with Crippen molar-refractivity contribution in [3.8, 4) is 11.5 Å². The van der Waals surface area contributed by atoms with Gasteiger partial charge in [0.2, 0.25) is 0 Å². The molecule has 1 aromatic carbocycles. The molecule has 0 N–H and O–H groups in total. The van der Waals surface area contributed by atoms with Gasteiger partial charge in [0.1, 0.15) is 11.5 Å². The molecule has 0 aliphatic rings.